The van der Waals surface area contributed by atoms with Crippen LogP contribution < -0.4 is 10.6 Å². The summed E-state index contributed by atoms with van der Waals surface area (Å²) in [5, 5.41) is 5.74. The van der Waals surface area contributed by atoms with Gasteiger partial charge in [0.25, 0.3) is 0 Å². The Hall–Kier alpha value is -0.640. The van der Waals surface area contributed by atoms with E-state index in [1.165, 1.54) is 0 Å². The van der Waals surface area contributed by atoms with Gasteiger partial charge in [0.1, 0.15) is 6.17 Å². The normalized spacial score (nSPS) is 12.9. The molecule has 0 aliphatic rings. The lowest BCUT2D eigenvalue weighted by Gasteiger charge is -2.28. The molecule has 1 atom stereocenters. The molecule has 1 amide bonds. The van der Waals surface area contributed by atoms with Crippen LogP contribution in [0.15, 0.2) is 24.3 Å². The van der Waals surface area contributed by atoms with Crippen molar-refractivity contribution < 1.29 is 4.79 Å². The fourth-order valence-corrected chi connectivity index (χ4v) is 1.88. The molecule has 0 unspecified atom stereocenters. The van der Waals surface area contributed by atoms with Gasteiger partial charge in [0.2, 0.25) is 9.70 Å². The first-order chi connectivity index (χ1) is 8.84. The lowest BCUT2D eigenvalue weighted by atomic mass is 10.2. The predicted molar refractivity (Wildman–Crippen MR) is 81.9 cm³/mol. The molecule has 0 saturated heterocycles. The molecule has 19 heavy (non-hydrogen) atoms. The number of carbonyl (C=O) groups is 1. The number of halogens is 3. The molecule has 0 radical (unpaired) electrons. The molecular formula is C13H17Cl3N2O. The SMILES string of the molecule is CCCC(=O)N[C@@H](Nc1ccccc1C)C(Cl)(Cl)Cl. The standard InChI is InChI=1S/C13H17Cl3N2O/c1-3-6-11(19)18-12(13(14,15)16)17-10-8-5-4-7-9(10)2/h4-5,7-8,12,17H,3,6H2,1-2H3,(H,18,19)/t12-/m1/s1. The molecule has 1 rings (SSSR count). The van der Waals surface area contributed by atoms with Crippen molar-refractivity contribution in [3.8, 4) is 0 Å². The maximum absolute atomic E-state index is 11.6. The largest absolute Gasteiger partial charge is 0.362 e. The molecule has 0 saturated carbocycles. The Kier molecular flexibility index (Phi) is 6.24. The van der Waals surface area contributed by atoms with Crippen LogP contribution in [-0.4, -0.2) is 15.9 Å². The van der Waals surface area contributed by atoms with Gasteiger partial charge in [-0.15, -0.1) is 0 Å². The summed E-state index contributed by atoms with van der Waals surface area (Å²) in [6.07, 6.45) is 0.354. The van der Waals surface area contributed by atoms with Gasteiger partial charge >= 0.3 is 0 Å². The van der Waals surface area contributed by atoms with Gasteiger partial charge in [-0.2, -0.15) is 0 Å². The molecule has 0 spiro atoms. The van der Waals surface area contributed by atoms with E-state index < -0.39 is 9.96 Å². The zero-order valence-corrected chi connectivity index (χ0v) is 13.1. The Labute approximate surface area is 128 Å². The fourth-order valence-electron chi connectivity index (χ4n) is 1.55. The summed E-state index contributed by atoms with van der Waals surface area (Å²) < 4.78 is -1.63. The topological polar surface area (TPSA) is 41.1 Å². The molecular weight excluding hydrogens is 307 g/mol. The van der Waals surface area contributed by atoms with Crippen LogP contribution in [0.25, 0.3) is 0 Å². The average Bonchev–Trinajstić information content (AvgIpc) is 2.30. The second kappa shape index (κ2) is 7.22. The number of aryl methyl sites for hydroxylation is 1. The quantitative estimate of drug-likeness (QED) is 0.635. The van der Waals surface area contributed by atoms with Crippen LogP contribution in [0.5, 0.6) is 0 Å². The van der Waals surface area contributed by atoms with Crippen molar-refractivity contribution in [3.63, 3.8) is 0 Å². The second-order valence-electron chi connectivity index (χ2n) is 4.25. The summed E-state index contributed by atoms with van der Waals surface area (Å²) in [6, 6.07) is 7.59. The molecule has 6 heteroatoms. The minimum Gasteiger partial charge on any atom is -0.362 e. The van der Waals surface area contributed by atoms with E-state index in [9.17, 15) is 4.79 Å². The van der Waals surface area contributed by atoms with Crippen molar-refractivity contribution in [3.05, 3.63) is 29.8 Å². The molecule has 106 valence electrons. The van der Waals surface area contributed by atoms with Crippen molar-refractivity contribution in [2.24, 2.45) is 0 Å². The van der Waals surface area contributed by atoms with Gasteiger partial charge in [-0.3, -0.25) is 4.79 Å². The Balaban J connectivity index is 2.82. The van der Waals surface area contributed by atoms with E-state index in [2.05, 4.69) is 10.6 Å². The first-order valence-corrected chi connectivity index (χ1v) is 7.16. The highest BCUT2D eigenvalue weighted by atomic mass is 35.6. The maximum atomic E-state index is 11.6. The Morgan fingerprint density at radius 3 is 2.47 bits per heavy atom. The van der Waals surface area contributed by atoms with Crippen molar-refractivity contribution in [2.45, 2.75) is 36.6 Å². The Bertz CT molecular complexity index is 432. The molecule has 2 N–H and O–H groups in total. The summed E-state index contributed by atoms with van der Waals surface area (Å²) in [4.78, 5) is 11.6. The van der Waals surface area contributed by atoms with Crippen LogP contribution in [0.1, 0.15) is 25.3 Å². The zero-order valence-electron chi connectivity index (χ0n) is 10.8. The van der Waals surface area contributed by atoms with Gasteiger partial charge in [0, 0.05) is 12.1 Å². The van der Waals surface area contributed by atoms with E-state index in [-0.39, 0.29) is 5.91 Å². The van der Waals surface area contributed by atoms with Crippen molar-refractivity contribution >= 4 is 46.4 Å². The lowest BCUT2D eigenvalue weighted by Crippen LogP contribution is -2.49. The van der Waals surface area contributed by atoms with Crippen LogP contribution in [0.4, 0.5) is 5.69 Å². The molecule has 0 aliphatic carbocycles. The molecule has 0 aliphatic heterocycles. The molecule has 0 heterocycles. The third-order valence-corrected chi connectivity index (χ3v) is 3.21. The van der Waals surface area contributed by atoms with Crippen LogP contribution in [0.2, 0.25) is 0 Å². The highest BCUT2D eigenvalue weighted by Gasteiger charge is 2.34. The first-order valence-electron chi connectivity index (χ1n) is 6.03. The van der Waals surface area contributed by atoms with Crippen LogP contribution >= 0.6 is 34.8 Å². The summed E-state index contributed by atoms with van der Waals surface area (Å²) >= 11 is 17.7. The van der Waals surface area contributed by atoms with Crippen molar-refractivity contribution in [1.29, 1.82) is 0 Å². The smallest absolute Gasteiger partial charge is 0.228 e. The van der Waals surface area contributed by atoms with Gasteiger partial charge < -0.3 is 10.6 Å². The van der Waals surface area contributed by atoms with Gasteiger partial charge in [0.05, 0.1) is 0 Å². The Morgan fingerprint density at radius 2 is 1.95 bits per heavy atom. The third-order valence-electron chi connectivity index (χ3n) is 2.55. The number of nitrogens with one attached hydrogen (secondary N) is 2. The summed E-state index contributed by atoms with van der Waals surface area (Å²) in [7, 11) is 0. The molecule has 0 bridgehead atoms. The van der Waals surface area contributed by atoms with Crippen LogP contribution in [0.3, 0.4) is 0 Å². The molecule has 0 fully saturated rings. The maximum Gasteiger partial charge on any atom is 0.228 e. The van der Waals surface area contributed by atoms with Gasteiger partial charge in [0.15, 0.2) is 0 Å². The van der Waals surface area contributed by atoms with Gasteiger partial charge in [-0.1, -0.05) is 59.9 Å². The van der Waals surface area contributed by atoms with Crippen LogP contribution in [-0.2, 0) is 4.79 Å². The highest BCUT2D eigenvalue weighted by Crippen LogP contribution is 2.31. The average molecular weight is 324 g/mol. The number of benzene rings is 1. The lowest BCUT2D eigenvalue weighted by molar-refractivity contribution is -0.121. The molecule has 1 aromatic rings. The zero-order chi connectivity index (χ0) is 14.5. The number of hydrogen-bond donors (Lipinski definition) is 2. The summed E-state index contributed by atoms with van der Waals surface area (Å²) in [5.74, 6) is -0.153. The highest BCUT2D eigenvalue weighted by molar-refractivity contribution is 6.68. The number of alkyl halides is 3. The van der Waals surface area contributed by atoms with Crippen molar-refractivity contribution in [1.82, 2.24) is 5.32 Å². The van der Waals surface area contributed by atoms with E-state index in [4.69, 9.17) is 34.8 Å². The molecule has 3 nitrogen and oxygen atoms in total. The van der Waals surface area contributed by atoms with Crippen LogP contribution in [0, 0.1) is 6.92 Å². The second-order valence-corrected chi connectivity index (χ2v) is 6.62. The minimum atomic E-state index is -1.63. The number of rotatable bonds is 5. The minimum absolute atomic E-state index is 0.153. The van der Waals surface area contributed by atoms with E-state index in [0.717, 1.165) is 17.7 Å². The van der Waals surface area contributed by atoms with Gasteiger partial charge in [-0.25, -0.2) is 0 Å². The van der Waals surface area contributed by atoms with Crippen molar-refractivity contribution in [2.75, 3.05) is 5.32 Å². The number of para-hydroxylation sites is 1. The first kappa shape index (κ1) is 16.4. The third kappa shape index (κ3) is 5.47. The number of hydrogen-bond acceptors (Lipinski definition) is 2. The number of anilines is 1. The summed E-state index contributed by atoms with van der Waals surface area (Å²) in [5.41, 5.74) is 1.82. The predicted octanol–water partition coefficient (Wildman–Crippen LogP) is 4.02. The summed E-state index contributed by atoms with van der Waals surface area (Å²) in [6.45, 7) is 3.85. The monoisotopic (exact) mass is 322 g/mol. The molecule has 0 aromatic heterocycles. The van der Waals surface area contributed by atoms with E-state index in [1.807, 2.05) is 38.1 Å². The number of amides is 1. The Morgan fingerprint density at radius 1 is 1.32 bits per heavy atom. The van der Waals surface area contributed by atoms with E-state index >= 15 is 0 Å². The number of carbonyl (C=O) groups excluding carboxylic acids is 1. The molecule has 1 aromatic carbocycles. The van der Waals surface area contributed by atoms with E-state index in [1.54, 1.807) is 0 Å². The fraction of sp³-hybridized carbons (Fsp3) is 0.462. The van der Waals surface area contributed by atoms with Gasteiger partial charge in [-0.05, 0) is 25.0 Å². The van der Waals surface area contributed by atoms with E-state index in [0.29, 0.717) is 6.42 Å².